The van der Waals surface area contributed by atoms with E-state index in [4.69, 9.17) is 0 Å². The fourth-order valence-electron chi connectivity index (χ4n) is 4.83. The first-order valence-electron chi connectivity index (χ1n) is 10.6. The Morgan fingerprint density at radius 3 is 1.37 bits per heavy atom. The SMILES string of the molecule is BrCCCCCCC1(CCCCCCBr)c2ccccc2-c2ccccc21. The van der Waals surface area contributed by atoms with Crippen molar-refractivity contribution in [1.82, 2.24) is 0 Å². The van der Waals surface area contributed by atoms with Gasteiger partial charge in [0.15, 0.2) is 0 Å². The van der Waals surface area contributed by atoms with E-state index in [2.05, 4.69) is 80.4 Å². The molecule has 0 nitrogen and oxygen atoms in total. The molecule has 0 radical (unpaired) electrons. The van der Waals surface area contributed by atoms with Crippen LogP contribution in [0.1, 0.15) is 75.3 Å². The number of hydrogen-bond donors (Lipinski definition) is 0. The third-order valence-corrected chi connectivity index (χ3v) is 7.27. The van der Waals surface area contributed by atoms with Gasteiger partial charge in [-0.1, -0.05) is 119 Å². The Balaban J connectivity index is 1.84. The topological polar surface area (TPSA) is 0 Å². The third kappa shape index (κ3) is 4.88. The van der Waals surface area contributed by atoms with Crippen molar-refractivity contribution in [3.63, 3.8) is 0 Å². The first-order valence-corrected chi connectivity index (χ1v) is 12.9. The number of alkyl halides is 2. The molecule has 0 saturated carbocycles. The molecule has 146 valence electrons. The molecule has 2 aromatic rings. The molecule has 2 aromatic carbocycles. The molecule has 0 aliphatic heterocycles. The summed E-state index contributed by atoms with van der Waals surface area (Å²) in [7, 11) is 0. The normalized spacial score (nSPS) is 14.1. The number of unbranched alkanes of at least 4 members (excludes halogenated alkanes) is 6. The summed E-state index contributed by atoms with van der Waals surface area (Å²) in [6.07, 6.45) is 13.2. The van der Waals surface area contributed by atoms with Crippen LogP contribution >= 0.6 is 31.9 Å². The molecule has 0 atom stereocenters. The van der Waals surface area contributed by atoms with Gasteiger partial charge < -0.3 is 0 Å². The van der Waals surface area contributed by atoms with Crippen LogP contribution in [-0.4, -0.2) is 10.7 Å². The highest BCUT2D eigenvalue weighted by Gasteiger charge is 2.41. The molecule has 0 heterocycles. The van der Waals surface area contributed by atoms with Crippen molar-refractivity contribution >= 4 is 31.9 Å². The van der Waals surface area contributed by atoms with Crippen LogP contribution in [0.4, 0.5) is 0 Å². The molecule has 0 bridgehead atoms. The van der Waals surface area contributed by atoms with Crippen molar-refractivity contribution in [2.75, 3.05) is 10.7 Å². The largest absolute Gasteiger partial charge is 0.0928 e. The van der Waals surface area contributed by atoms with E-state index in [0.717, 1.165) is 10.7 Å². The minimum Gasteiger partial charge on any atom is -0.0928 e. The predicted molar refractivity (Wildman–Crippen MR) is 126 cm³/mol. The average Bonchev–Trinajstić information content (AvgIpc) is 2.99. The number of benzene rings is 2. The van der Waals surface area contributed by atoms with E-state index >= 15 is 0 Å². The molecule has 0 amide bonds. The number of rotatable bonds is 12. The minimum absolute atomic E-state index is 0.232. The van der Waals surface area contributed by atoms with Crippen molar-refractivity contribution in [1.29, 1.82) is 0 Å². The van der Waals surface area contributed by atoms with Crippen LogP contribution in [0.5, 0.6) is 0 Å². The first-order chi connectivity index (χ1) is 13.3. The summed E-state index contributed by atoms with van der Waals surface area (Å²) in [5, 5.41) is 2.27. The zero-order chi connectivity index (χ0) is 19.0. The Bertz CT molecular complexity index is 645. The second-order valence-corrected chi connectivity index (χ2v) is 9.47. The van der Waals surface area contributed by atoms with Gasteiger partial charge in [0.1, 0.15) is 0 Å². The Morgan fingerprint density at radius 1 is 0.519 bits per heavy atom. The maximum Gasteiger partial charge on any atom is 0.0215 e. The van der Waals surface area contributed by atoms with Crippen LogP contribution in [0.3, 0.4) is 0 Å². The molecule has 0 spiro atoms. The van der Waals surface area contributed by atoms with Crippen LogP contribution in [0.2, 0.25) is 0 Å². The summed E-state index contributed by atoms with van der Waals surface area (Å²) in [5.41, 5.74) is 6.37. The molecular formula is C25H32Br2. The van der Waals surface area contributed by atoms with Crippen molar-refractivity contribution in [3.8, 4) is 11.1 Å². The summed E-state index contributed by atoms with van der Waals surface area (Å²) in [5.74, 6) is 0. The van der Waals surface area contributed by atoms with E-state index in [1.807, 2.05) is 0 Å². The van der Waals surface area contributed by atoms with Crippen molar-refractivity contribution in [2.24, 2.45) is 0 Å². The Hall–Kier alpha value is -0.600. The standard InChI is InChI=1S/C25H32Br2/c26-19-11-3-1-9-17-25(18-10-2-4-12-20-27)23-15-7-5-13-21(23)22-14-6-8-16-24(22)25/h5-8,13-16H,1-4,9-12,17-20H2. The van der Waals surface area contributed by atoms with E-state index < -0.39 is 0 Å². The van der Waals surface area contributed by atoms with Gasteiger partial charge in [-0.15, -0.1) is 0 Å². The maximum atomic E-state index is 3.57. The second-order valence-electron chi connectivity index (χ2n) is 7.88. The van der Waals surface area contributed by atoms with Crippen molar-refractivity contribution in [3.05, 3.63) is 59.7 Å². The lowest BCUT2D eigenvalue weighted by atomic mass is 9.70. The van der Waals surface area contributed by atoms with Gasteiger partial charge in [-0.2, -0.15) is 0 Å². The molecule has 0 N–H and O–H groups in total. The minimum atomic E-state index is 0.232. The van der Waals surface area contributed by atoms with Crippen LogP contribution in [0, 0.1) is 0 Å². The van der Waals surface area contributed by atoms with Gasteiger partial charge in [-0.25, -0.2) is 0 Å². The molecule has 0 aromatic heterocycles. The van der Waals surface area contributed by atoms with Gasteiger partial charge in [-0.05, 0) is 47.9 Å². The highest BCUT2D eigenvalue weighted by Crippen LogP contribution is 2.53. The van der Waals surface area contributed by atoms with E-state index in [1.165, 1.54) is 75.3 Å². The zero-order valence-electron chi connectivity index (χ0n) is 16.4. The molecule has 1 aliphatic carbocycles. The lowest BCUT2D eigenvalue weighted by Crippen LogP contribution is -2.25. The predicted octanol–water partition coefficient (Wildman–Crippen LogP) is 8.64. The highest BCUT2D eigenvalue weighted by molar-refractivity contribution is 9.09. The first kappa shape index (κ1) is 21.1. The molecule has 0 unspecified atom stereocenters. The van der Waals surface area contributed by atoms with Crippen LogP contribution in [0.15, 0.2) is 48.5 Å². The molecule has 2 heteroatoms. The van der Waals surface area contributed by atoms with Crippen molar-refractivity contribution < 1.29 is 0 Å². The van der Waals surface area contributed by atoms with E-state index in [-0.39, 0.29) is 5.41 Å². The third-order valence-electron chi connectivity index (χ3n) is 6.15. The van der Waals surface area contributed by atoms with E-state index in [1.54, 1.807) is 11.1 Å². The second kappa shape index (κ2) is 10.8. The highest BCUT2D eigenvalue weighted by atomic mass is 79.9. The molecule has 3 rings (SSSR count). The van der Waals surface area contributed by atoms with Gasteiger partial charge in [0.25, 0.3) is 0 Å². The Morgan fingerprint density at radius 2 is 0.926 bits per heavy atom. The number of halogens is 2. The van der Waals surface area contributed by atoms with Gasteiger partial charge in [0, 0.05) is 16.1 Å². The monoisotopic (exact) mass is 490 g/mol. The van der Waals surface area contributed by atoms with Gasteiger partial charge in [-0.3, -0.25) is 0 Å². The fraction of sp³-hybridized carbons (Fsp3) is 0.520. The Kier molecular flexibility index (Phi) is 8.46. The number of hydrogen-bond acceptors (Lipinski definition) is 0. The molecular weight excluding hydrogens is 460 g/mol. The fourth-order valence-corrected chi connectivity index (χ4v) is 5.62. The summed E-state index contributed by atoms with van der Waals surface area (Å²) in [6.45, 7) is 0. The van der Waals surface area contributed by atoms with Gasteiger partial charge >= 0.3 is 0 Å². The van der Waals surface area contributed by atoms with Gasteiger partial charge in [0.2, 0.25) is 0 Å². The van der Waals surface area contributed by atoms with Crippen molar-refractivity contribution in [2.45, 2.75) is 69.6 Å². The van der Waals surface area contributed by atoms with Crippen LogP contribution < -0.4 is 0 Å². The lowest BCUT2D eigenvalue weighted by molar-refractivity contribution is 0.401. The molecule has 0 saturated heterocycles. The summed E-state index contributed by atoms with van der Waals surface area (Å²) < 4.78 is 0. The molecule has 27 heavy (non-hydrogen) atoms. The van der Waals surface area contributed by atoms with Crippen LogP contribution in [0.25, 0.3) is 11.1 Å². The number of fused-ring (bicyclic) bond motifs is 3. The summed E-state index contributed by atoms with van der Waals surface area (Å²) >= 11 is 7.15. The van der Waals surface area contributed by atoms with Gasteiger partial charge in [0.05, 0.1) is 0 Å². The Labute approximate surface area is 182 Å². The maximum absolute atomic E-state index is 3.57. The van der Waals surface area contributed by atoms with E-state index in [0.29, 0.717) is 0 Å². The average molecular weight is 492 g/mol. The summed E-state index contributed by atoms with van der Waals surface area (Å²) in [6, 6.07) is 18.4. The summed E-state index contributed by atoms with van der Waals surface area (Å²) in [4.78, 5) is 0. The smallest absolute Gasteiger partial charge is 0.0215 e. The van der Waals surface area contributed by atoms with Crippen LogP contribution in [-0.2, 0) is 5.41 Å². The zero-order valence-corrected chi connectivity index (χ0v) is 19.5. The lowest BCUT2D eigenvalue weighted by Gasteiger charge is -2.33. The molecule has 0 fully saturated rings. The quantitative estimate of drug-likeness (QED) is 0.206. The molecule has 1 aliphatic rings. The van der Waals surface area contributed by atoms with E-state index in [9.17, 15) is 0 Å².